The Bertz CT molecular complexity index is 151. The van der Waals surface area contributed by atoms with E-state index in [0.717, 1.165) is 5.70 Å². The maximum atomic E-state index is 4.77. The van der Waals surface area contributed by atoms with Gasteiger partial charge in [0.25, 0.3) is 0 Å². The Kier molecular flexibility index (Phi) is 1.64. The van der Waals surface area contributed by atoms with E-state index in [0.29, 0.717) is 0 Å². The van der Waals surface area contributed by atoms with Crippen LogP contribution in [-0.4, -0.2) is 5.37 Å². The zero-order valence-corrected chi connectivity index (χ0v) is 4.94. The molecular weight excluding hydrogens is 122 g/mol. The zero-order valence-electron chi connectivity index (χ0n) is 4.13. The van der Waals surface area contributed by atoms with Crippen LogP contribution in [-0.2, 0) is 4.74 Å². The predicted molar refractivity (Wildman–Crippen MR) is 35.1 cm³/mol. The van der Waals surface area contributed by atoms with Crippen molar-refractivity contribution >= 4 is 17.6 Å². The number of thiocarbonyl (C=S) groups is 1. The molecule has 0 saturated heterocycles. The summed E-state index contributed by atoms with van der Waals surface area (Å²) in [5.41, 5.74) is 0.808. The lowest BCUT2D eigenvalue weighted by Gasteiger charge is -2.03. The number of hydrogen-bond donors (Lipinski definition) is 1. The van der Waals surface area contributed by atoms with Crippen LogP contribution in [0.4, 0.5) is 0 Å². The standard InChI is InChI=1S/C5H5NOS/c8-4-5-3-7-2-1-6-5/h1-4,6H. The van der Waals surface area contributed by atoms with Gasteiger partial charge in [0.05, 0.1) is 5.70 Å². The second-order valence-electron chi connectivity index (χ2n) is 1.27. The van der Waals surface area contributed by atoms with Crippen molar-refractivity contribution < 1.29 is 4.74 Å². The van der Waals surface area contributed by atoms with Gasteiger partial charge in [-0.3, -0.25) is 0 Å². The summed E-state index contributed by atoms with van der Waals surface area (Å²) in [6, 6.07) is 0. The Labute approximate surface area is 52.8 Å². The highest BCUT2D eigenvalue weighted by molar-refractivity contribution is 7.79. The van der Waals surface area contributed by atoms with Crippen LogP contribution in [0.5, 0.6) is 0 Å². The molecular formula is C5H5NOS. The summed E-state index contributed by atoms with van der Waals surface area (Å²) in [6.45, 7) is 0. The number of nitrogens with one attached hydrogen (secondary N) is 1. The van der Waals surface area contributed by atoms with E-state index in [9.17, 15) is 0 Å². The Balaban J connectivity index is 2.55. The molecule has 0 aromatic rings. The highest BCUT2D eigenvalue weighted by Crippen LogP contribution is 1.92. The molecule has 1 aliphatic rings. The molecule has 0 amide bonds. The van der Waals surface area contributed by atoms with Crippen LogP contribution in [0.2, 0.25) is 0 Å². The van der Waals surface area contributed by atoms with Crippen molar-refractivity contribution in [1.29, 1.82) is 0 Å². The number of ether oxygens (including phenoxy) is 1. The van der Waals surface area contributed by atoms with Crippen molar-refractivity contribution in [2.75, 3.05) is 0 Å². The second kappa shape index (κ2) is 2.47. The molecule has 3 heteroatoms. The van der Waals surface area contributed by atoms with Crippen molar-refractivity contribution in [2.45, 2.75) is 0 Å². The highest BCUT2D eigenvalue weighted by atomic mass is 32.1. The zero-order chi connectivity index (χ0) is 5.82. The quantitative estimate of drug-likeness (QED) is 0.529. The Hall–Kier alpha value is -0.830. The number of rotatable bonds is 1. The predicted octanol–water partition coefficient (Wildman–Crippen LogP) is 0.919. The van der Waals surface area contributed by atoms with E-state index in [4.69, 9.17) is 4.74 Å². The van der Waals surface area contributed by atoms with Crippen LogP contribution >= 0.6 is 12.2 Å². The first-order chi connectivity index (χ1) is 3.93. The number of allylic oxidation sites excluding steroid dienone is 1. The first kappa shape index (κ1) is 5.31. The first-order valence-electron chi connectivity index (χ1n) is 2.16. The Morgan fingerprint density at radius 1 is 1.75 bits per heavy atom. The van der Waals surface area contributed by atoms with E-state index in [2.05, 4.69) is 17.5 Å². The van der Waals surface area contributed by atoms with Crippen LogP contribution in [0.25, 0.3) is 0 Å². The molecule has 0 bridgehead atoms. The summed E-state index contributed by atoms with van der Waals surface area (Å²) in [7, 11) is 0. The molecule has 0 saturated carbocycles. The van der Waals surface area contributed by atoms with Crippen LogP contribution in [0.1, 0.15) is 0 Å². The molecule has 1 N–H and O–H groups in total. The molecule has 2 nitrogen and oxygen atoms in total. The topological polar surface area (TPSA) is 21.3 Å². The second-order valence-corrected chi connectivity index (χ2v) is 1.51. The van der Waals surface area contributed by atoms with E-state index in [1.807, 2.05) is 0 Å². The normalized spacial score (nSPS) is 15.8. The molecule has 0 atom stereocenters. The molecule has 1 aliphatic heterocycles. The molecule has 0 aromatic heterocycles. The third-order valence-corrected chi connectivity index (χ3v) is 0.973. The van der Waals surface area contributed by atoms with E-state index >= 15 is 0 Å². The van der Waals surface area contributed by atoms with Crippen molar-refractivity contribution in [1.82, 2.24) is 5.32 Å². The summed E-state index contributed by atoms with van der Waals surface area (Å²) in [4.78, 5) is 0. The van der Waals surface area contributed by atoms with E-state index in [1.165, 1.54) is 5.37 Å². The minimum Gasteiger partial charge on any atom is -0.469 e. The third-order valence-electron chi connectivity index (χ3n) is 0.719. The van der Waals surface area contributed by atoms with Crippen molar-refractivity contribution in [2.24, 2.45) is 0 Å². The van der Waals surface area contributed by atoms with Crippen LogP contribution < -0.4 is 5.32 Å². The molecule has 1 heterocycles. The van der Waals surface area contributed by atoms with Crippen LogP contribution in [0, 0.1) is 0 Å². The SMILES string of the molecule is S=CC1=COC=CN1. The molecule has 0 radical (unpaired) electrons. The van der Waals surface area contributed by atoms with Gasteiger partial charge in [-0.25, -0.2) is 0 Å². The Morgan fingerprint density at radius 3 is 3.00 bits per heavy atom. The highest BCUT2D eigenvalue weighted by Gasteiger charge is 1.89. The van der Waals surface area contributed by atoms with Gasteiger partial charge in [-0.1, -0.05) is 12.2 Å². The maximum absolute atomic E-state index is 4.77. The molecule has 0 fully saturated rings. The van der Waals surface area contributed by atoms with Crippen molar-refractivity contribution in [3.63, 3.8) is 0 Å². The van der Waals surface area contributed by atoms with E-state index < -0.39 is 0 Å². The van der Waals surface area contributed by atoms with Crippen molar-refractivity contribution in [3.8, 4) is 0 Å². The minimum atomic E-state index is 0.808. The minimum absolute atomic E-state index is 0.808. The number of hydrogen-bond acceptors (Lipinski definition) is 3. The van der Waals surface area contributed by atoms with Gasteiger partial charge >= 0.3 is 0 Å². The fraction of sp³-hybridized carbons (Fsp3) is 0. The van der Waals surface area contributed by atoms with Gasteiger partial charge < -0.3 is 10.1 Å². The van der Waals surface area contributed by atoms with Gasteiger partial charge in [0.15, 0.2) is 0 Å². The summed E-state index contributed by atoms with van der Waals surface area (Å²) in [5.74, 6) is 0. The van der Waals surface area contributed by atoms with E-state index in [-0.39, 0.29) is 0 Å². The van der Waals surface area contributed by atoms with E-state index in [1.54, 1.807) is 18.7 Å². The lowest BCUT2D eigenvalue weighted by Crippen LogP contribution is -2.08. The van der Waals surface area contributed by atoms with Gasteiger partial charge in [0, 0.05) is 11.6 Å². The van der Waals surface area contributed by atoms with Crippen LogP contribution in [0.3, 0.4) is 0 Å². The lowest BCUT2D eigenvalue weighted by molar-refractivity contribution is 0.387. The molecule has 8 heavy (non-hydrogen) atoms. The maximum Gasteiger partial charge on any atom is 0.115 e. The van der Waals surface area contributed by atoms with Gasteiger partial charge in [-0.05, 0) is 0 Å². The van der Waals surface area contributed by atoms with Gasteiger partial charge in [-0.2, -0.15) is 0 Å². The molecule has 0 unspecified atom stereocenters. The summed E-state index contributed by atoms with van der Waals surface area (Å²) < 4.78 is 4.77. The fourth-order valence-electron chi connectivity index (χ4n) is 0.378. The van der Waals surface area contributed by atoms with Gasteiger partial charge in [0.1, 0.15) is 12.5 Å². The Morgan fingerprint density at radius 2 is 2.62 bits per heavy atom. The molecule has 0 aromatic carbocycles. The van der Waals surface area contributed by atoms with Crippen LogP contribution in [0.15, 0.2) is 24.4 Å². The molecule has 42 valence electrons. The average Bonchev–Trinajstić information content (AvgIpc) is 1.90. The lowest BCUT2D eigenvalue weighted by atomic mass is 10.5. The first-order valence-corrected chi connectivity index (χ1v) is 2.63. The molecule has 0 aliphatic carbocycles. The van der Waals surface area contributed by atoms with Crippen molar-refractivity contribution in [3.05, 3.63) is 24.4 Å². The molecule has 1 rings (SSSR count). The molecule has 0 spiro atoms. The van der Waals surface area contributed by atoms with Gasteiger partial charge in [-0.15, -0.1) is 0 Å². The summed E-state index contributed by atoms with van der Waals surface area (Å²) >= 11 is 4.60. The fourth-order valence-corrected chi connectivity index (χ4v) is 0.502. The smallest absolute Gasteiger partial charge is 0.115 e. The monoisotopic (exact) mass is 127 g/mol. The largest absolute Gasteiger partial charge is 0.469 e. The summed E-state index contributed by atoms with van der Waals surface area (Å²) in [5, 5.41) is 4.38. The average molecular weight is 127 g/mol. The van der Waals surface area contributed by atoms with Gasteiger partial charge in [0.2, 0.25) is 0 Å². The summed E-state index contributed by atoms with van der Waals surface area (Å²) in [6.07, 6.45) is 4.77. The third kappa shape index (κ3) is 1.07.